The minimum Gasteiger partial charge on any atom is -0.616 e. The van der Waals surface area contributed by atoms with E-state index in [4.69, 9.17) is 5.73 Å². The molecule has 4 rings (SSSR count). The summed E-state index contributed by atoms with van der Waals surface area (Å²) in [6.07, 6.45) is 6.37. The van der Waals surface area contributed by atoms with Crippen LogP contribution in [0.25, 0.3) is 5.65 Å². The molecule has 0 radical (unpaired) electrons. The molecule has 2 aromatic heterocycles. The molecule has 0 saturated heterocycles. The van der Waals surface area contributed by atoms with Crippen LogP contribution < -0.4 is 16.4 Å². The molecule has 1 aliphatic rings. The first-order valence-electron chi connectivity index (χ1n) is 10.4. The number of hydrogen-bond donors (Lipinski definition) is 3. The van der Waals surface area contributed by atoms with Crippen molar-refractivity contribution in [3.8, 4) is 6.07 Å². The summed E-state index contributed by atoms with van der Waals surface area (Å²) in [4.78, 5) is 4.62. The highest BCUT2D eigenvalue weighted by molar-refractivity contribution is 7.89. The van der Waals surface area contributed by atoms with Crippen LogP contribution in [0.2, 0.25) is 0 Å². The lowest BCUT2D eigenvalue weighted by molar-refractivity contribution is 0.599. The second-order valence-electron chi connectivity index (χ2n) is 8.09. The zero-order valence-corrected chi connectivity index (χ0v) is 18.6. The van der Waals surface area contributed by atoms with Crippen molar-refractivity contribution in [1.82, 2.24) is 14.6 Å². The monoisotopic (exact) mass is 437 g/mol. The Bertz CT molecular complexity index is 1120. The van der Waals surface area contributed by atoms with Crippen molar-refractivity contribution in [3.63, 3.8) is 0 Å². The summed E-state index contributed by atoms with van der Waals surface area (Å²) in [6, 6.07) is 10.6. The molecule has 1 aromatic carbocycles. The van der Waals surface area contributed by atoms with E-state index in [9.17, 15) is 9.81 Å². The van der Waals surface area contributed by atoms with Crippen molar-refractivity contribution in [1.29, 1.82) is 5.26 Å². The van der Waals surface area contributed by atoms with E-state index in [1.807, 2.05) is 18.2 Å². The highest BCUT2D eigenvalue weighted by Gasteiger charge is 2.23. The molecule has 1 saturated carbocycles. The van der Waals surface area contributed by atoms with Gasteiger partial charge in [-0.25, -0.2) is 4.98 Å². The van der Waals surface area contributed by atoms with E-state index < -0.39 is 11.2 Å². The molecule has 9 heteroatoms. The fourth-order valence-electron chi connectivity index (χ4n) is 3.71. The summed E-state index contributed by atoms with van der Waals surface area (Å²) in [5.74, 6) is 2.21. The molecule has 2 atom stereocenters. The van der Waals surface area contributed by atoms with Gasteiger partial charge >= 0.3 is 0 Å². The van der Waals surface area contributed by atoms with E-state index in [0.717, 1.165) is 36.3 Å². The summed E-state index contributed by atoms with van der Waals surface area (Å²) in [5.41, 5.74) is 9.77. The average Bonchev–Trinajstić information content (AvgIpc) is 3.44. The van der Waals surface area contributed by atoms with E-state index in [1.165, 1.54) is 11.8 Å². The Morgan fingerprint density at radius 1 is 1.39 bits per heavy atom. The Labute approximate surface area is 185 Å². The SMILES string of the molecule is CC(CCN)c1ccc(Nc2cc(NC3CC3)n3ncc(C#N)c3n2)cc1C[S+](C)[O-]. The molecule has 3 aromatic rings. The molecular weight excluding hydrogens is 410 g/mol. The molecule has 0 aliphatic heterocycles. The molecule has 4 N–H and O–H groups in total. The van der Waals surface area contributed by atoms with Gasteiger partial charge in [-0.15, -0.1) is 0 Å². The molecule has 8 nitrogen and oxygen atoms in total. The molecule has 0 spiro atoms. The number of fused-ring (bicyclic) bond motifs is 1. The third-order valence-electron chi connectivity index (χ3n) is 5.43. The summed E-state index contributed by atoms with van der Waals surface area (Å²) < 4.78 is 13.6. The number of nitrogens with one attached hydrogen (secondary N) is 2. The van der Waals surface area contributed by atoms with Crippen LogP contribution in [-0.2, 0) is 16.9 Å². The van der Waals surface area contributed by atoms with Crippen molar-refractivity contribution in [3.05, 3.63) is 47.2 Å². The quantitative estimate of drug-likeness (QED) is 0.438. The predicted molar refractivity (Wildman–Crippen MR) is 124 cm³/mol. The second-order valence-corrected chi connectivity index (χ2v) is 9.52. The van der Waals surface area contributed by atoms with Crippen molar-refractivity contribution < 1.29 is 4.55 Å². The Hall–Kier alpha value is -2.80. The van der Waals surface area contributed by atoms with Crippen LogP contribution in [-0.4, -0.2) is 38.0 Å². The minimum absolute atomic E-state index is 0.298. The molecule has 2 heterocycles. The van der Waals surface area contributed by atoms with Gasteiger partial charge in [0.1, 0.15) is 29.0 Å². The molecular formula is C22H27N7OS. The fourth-order valence-corrected chi connectivity index (χ4v) is 4.39. The van der Waals surface area contributed by atoms with Gasteiger partial charge in [-0.2, -0.15) is 14.9 Å². The van der Waals surface area contributed by atoms with Crippen LogP contribution in [0.3, 0.4) is 0 Å². The van der Waals surface area contributed by atoms with Crippen LogP contribution in [0.15, 0.2) is 30.5 Å². The van der Waals surface area contributed by atoms with Crippen LogP contribution in [0.5, 0.6) is 0 Å². The minimum atomic E-state index is -0.955. The van der Waals surface area contributed by atoms with Gasteiger partial charge in [0, 0.05) is 23.4 Å². The zero-order chi connectivity index (χ0) is 22.0. The normalized spacial score (nSPS) is 15.5. The Morgan fingerprint density at radius 2 is 2.19 bits per heavy atom. The molecule has 162 valence electrons. The Balaban J connectivity index is 1.68. The van der Waals surface area contributed by atoms with Crippen molar-refractivity contribution >= 4 is 34.1 Å². The summed E-state index contributed by atoms with van der Waals surface area (Å²) in [5, 5.41) is 20.5. The number of hydrogen-bond acceptors (Lipinski definition) is 7. The van der Waals surface area contributed by atoms with Gasteiger partial charge in [-0.3, -0.25) is 0 Å². The molecule has 0 amide bonds. The van der Waals surface area contributed by atoms with Gasteiger partial charge in [0.2, 0.25) is 0 Å². The molecule has 31 heavy (non-hydrogen) atoms. The van der Waals surface area contributed by atoms with E-state index in [1.54, 1.807) is 10.8 Å². The maximum absolute atomic E-state index is 12.0. The van der Waals surface area contributed by atoms with E-state index in [0.29, 0.717) is 41.3 Å². The number of rotatable bonds is 9. The van der Waals surface area contributed by atoms with Crippen molar-refractivity contribution in [2.24, 2.45) is 5.73 Å². The molecule has 1 fully saturated rings. The first kappa shape index (κ1) is 21.4. The van der Waals surface area contributed by atoms with E-state index in [-0.39, 0.29) is 0 Å². The largest absolute Gasteiger partial charge is 0.616 e. The molecule has 1 aliphatic carbocycles. The molecule has 2 unspecified atom stereocenters. The number of nitrogens with zero attached hydrogens (tertiary/aromatic N) is 4. The van der Waals surface area contributed by atoms with Gasteiger partial charge in [0.25, 0.3) is 0 Å². The second kappa shape index (κ2) is 9.14. The lowest BCUT2D eigenvalue weighted by Crippen LogP contribution is -2.11. The number of anilines is 3. The first-order valence-corrected chi connectivity index (χ1v) is 12.2. The van der Waals surface area contributed by atoms with Gasteiger partial charge in [-0.05, 0) is 49.4 Å². The van der Waals surface area contributed by atoms with Gasteiger partial charge < -0.3 is 20.9 Å². The predicted octanol–water partition coefficient (Wildman–Crippen LogP) is 3.25. The number of nitrogens with two attached hydrogens (primary N) is 1. The van der Waals surface area contributed by atoms with Crippen LogP contribution >= 0.6 is 0 Å². The van der Waals surface area contributed by atoms with Crippen molar-refractivity contribution in [2.75, 3.05) is 23.4 Å². The highest BCUT2D eigenvalue weighted by Crippen LogP contribution is 2.30. The standard InChI is InChI=1S/C22H27N7OS/c1-14(7-8-23)19-6-5-18(9-15(19)13-31(2)30)26-20-10-21(27-17-3-4-17)29-22(28-20)16(11-24)12-25-29/h5-6,9-10,12,14,17,27H,3-4,7-8,13,23H2,1-2H3,(H,26,28). The van der Waals surface area contributed by atoms with Crippen LogP contribution in [0.1, 0.15) is 48.8 Å². The topological polar surface area (TPSA) is 127 Å². The number of aromatic nitrogens is 3. The van der Waals surface area contributed by atoms with Gasteiger partial charge in [0.15, 0.2) is 5.65 Å². The third kappa shape index (κ3) is 4.93. The lowest BCUT2D eigenvalue weighted by Gasteiger charge is -2.18. The summed E-state index contributed by atoms with van der Waals surface area (Å²) >= 11 is -0.955. The van der Waals surface area contributed by atoms with Crippen LogP contribution in [0, 0.1) is 11.3 Å². The van der Waals surface area contributed by atoms with E-state index in [2.05, 4.69) is 39.8 Å². The number of nitriles is 1. The fraction of sp³-hybridized carbons (Fsp3) is 0.409. The first-order chi connectivity index (χ1) is 15.0. The highest BCUT2D eigenvalue weighted by atomic mass is 32.2. The maximum atomic E-state index is 12.0. The van der Waals surface area contributed by atoms with Gasteiger partial charge in [0.05, 0.1) is 12.5 Å². The van der Waals surface area contributed by atoms with E-state index >= 15 is 0 Å². The summed E-state index contributed by atoms with van der Waals surface area (Å²) in [6.45, 7) is 2.76. The van der Waals surface area contributed by atoms with Gasteiger partial charge in [-0.1, -0.05) is 24.2 Å². The third-order valence-corrected chi connectivity index (χ3v) is 6.14. The average molecular weight is 438 g/mol. The zero-order valence-electron chi connectivity index (χ0n) is 17.8. The lowest BCUT2D eigenvalue weighted by atomic mass is 9.93. The Morgan fingerprint density at radius 3 is 2.87 bits per heavy atom. The smallest absolute Gasteiger partial charge is 0.177 e. The number of benzene rings is 1. The molecule has 0 bridgehead atoms. The van der Waals surface area contributed by atoms with Crippen molar-refractivity contribution in [2.45, 2.75) is 43.9 Å². The van der Waals surface area contributed by atoms with Crippen LogP contribution in [0.4, 0.5) is 17.3 Å². The maximum Gasteiger partial charge on any atom is 0.177 e. The Kier molecular flexibility index (Phi) is 6.32. The summed E-state index contributed by atoms with van der Waals surface area (Å²) in [7, 11) is 0.